The summed E-state index contributed by atoms with van der Waals surface area (Å²) in [5, 5.41) is 0. The van der Waals surface area contributed by atoms with Gasteiger partial charge in [0.15, 0.2) is 0 Å². The first kappa shape index (κ1) is 12.0. The van der Waals surface area contributed by atoms with E-state index in [2.05, 4.69) is 0 Å². The highest BCUT2D eigenvalue weighted by Gasteiger charge is 2.40. The summed E-state index contributed by atoms with van der Waals surface area (Å²) in [5.41, 5.74) is 3.32. The van der Waals surface area contributed by atoms with Crippen LogP contribution in [0.3, 0.4) is 0 Å². The molecule has 0 aliphatic heterocycles. The van der Waals surface area contributed by atoms with Crippen LogP contribution in [0.2, 0.25) is 0 Å². The molecule has 1 unspecified atom stereocenters. The quantitative estimate of drug-likeness (QED) is 0.590. The minimum Gasteiger partial charge on any atom is -0.271 e. The molecule has 84 valence electrons. The van der Waals surface area contributed by atoms with E-state index in [1.54, 1.807) is 31.4 Å². The number of nitrogens with two attached hydrogens (primary N) is 1. The predicted molar refractivity (Wildman–Crippen MR) is 52.0 cm³/mol. The minimum atomic E-state index is -4.38. The van der Waals surface area contributed by atoms with E-state index < -0.39 is 12.2 Å². The van der Waals surface area contributed by atoms with Gasteiger partial charge in [0.2, 0.25) is 0 Å². The van der Waals surface area contributed by atoms with Gasteiger partial charge in [0.1, 0.15) is 6.04 Å². The molecule has 0 aromatic heterocycles. The van der Waals surface area contributed by atoms with Crippen LogP contribution in [0.1, 0.15) is 22.7 Å². The van der Waals surface area contributed by atoms with Crippen molar-refractivity contribution in [1.82, 2.24) is 5.43 Å². The highest BCUT2D eigenvalue weighted by molar-refractivity contribution is 5.33. The molecular formula is C10H13F3N2. The molecule has 0 aliphatic carbocycles. The maximum Gasteiger partial charge on any atom is 0.409 e. The Labute approximate surface area is 86.2 Å². The molecule has 1 atom stereocenters. The predicted octanol–water partition coefficient (Wildman–Crippen LogP) is 2.37. The zero-order valence-electron chi connectivity index (χ0n) is 8.52. The standard InChI is InChI=1S/C10H13F3N2/c1-6-3-4-7(2)8(5-6)9(15-14)10(11,12)13/h3-5,9,15H,14H2,1-2H3. The summed E-state index contributed by atoms with van der Waals surface area (Å²) in [4.78, 5) is 0. The van der Waals surface area contributed by atoms with E-state index in [1.165, 1.54) is 6.07 Å². The molecule has 0 heterocycles. The smallest absolute Gasteiger partial charge is 0.271 e. The van der Waals surface area contributed by atoms with Crippen molar-refractivity contribution in [3.05, 3.63) is 34.9 Å². The SMILES string of the molecule is Cc1ccc(C)c(C(NN)C(F)(F)F)c1. The Bertz CT molecular complexity index is 347. The lowest BCUT2D eigenvalue weighted by molar-refractivity contribution is -0.158. The Balaban J connectivity index is 3.18. The molecule has 15 heavy (non-hydrogen) atoms. The van der Waals surface area contributed by atoms with Crippen LogP contribution in [-0.2, 0) is 0 Å². The van der Waals surface area contributed by atoms with E-state index in [9.17, 15) is 13.2 Å². The van der Waals surface area contributed by atoms with Crippen LogP contribution in [0.15, 0.2) is 18.2 Å². The summed E-state index contributed by atoms with van der Waals surface area (Å²) < 4.78 is 37.7. The number of hydrogen-bond donors (Lipinski definition) is 2. The van der Waals surface area contributed by atoms with E-state index in [1.807, 2.05) is 0 Å². The van der Waals surface area contributed by atoms with Gasteiger partial charge < -0.3 is 0 Å². The third kappa shape index (κ3) is 2.70. The van der Waals surface area contributed by atoms with Gasteiger partial charge in [-0.15, -0.1) is 0 Å². The Morgan fingerprint density at radius 2 is 1.87 bits per heavy atom. The fourth-order valence-corrected chi connectivity index (χ4v) is 1.43. The summed E-state index contributed by atoms with van der Waals surface area (Å²) in [6, 6.07) is 3.11. The van der Waals surface area contributed by atoms with Crippen molar-refractivity contribution in [3.8, 4) is 0 Å². The summed E-state index contributed by atoms with van der Waals surface area (Å²) in [6.07, 6.45) is -4.38. The van der Waals surface area contributed by atoms with Crippen molar-refractivity contribution in [2.45, 2.75) is 26.1 Å². The summed E-state index contributed by atoms with van der Waals surface area (Å²) in [7, 11) is 0. The van der Waals surface area contributed by atoms with Crippen molar-refractivity contribution >= 4 is 0 Å². The van der Waals surface area contributed by atoms with Gasteiger partial charge in [-0.3, -0.25) is 5.84 Å². The lowest BCUT2D eigenvalue weighted by Gasteiger charge is -2.21. The van der Waals surface area contributed by atoms with E-state index in [0.29, 0.717) is 5.56 Å². The molecule has 1 aromatic carbocycles. The van der Waals surface area contributed by atoms with E-state index in [-0.39, 0.29) is 5.56 Å². The molecule has 0 radical (unpaired) electrons. The number of hydrogen-bond acceptors (Lipinski definition) is 2. The normalized spacial score (nSPS) is 14.0. The average molecular weight is 218 g/mol. The van der Waals surface area contributed by atoms with E-state index in [0.717, 1.165) is 5.56 Å². The van der Waals surface area contributed by atoms with E-state index >= 15 is 0 Å². The molecule has 0 fully saturated rings. The molecule has 0 amide bonds. The molecule has 0 saturated carbocycles. The molecular weight excluding hydrogens is 205 g/mol. The second-order valence-electron chi connectivity index (χ2n) is 3.50. The minimum absolute atomic E-state index is 0.171. The molecule has 0 spiro atoms. The highest BCUT2D eigenvalue weighted by Crippen LogP contribution is 2.33. The van der Waals surface area contributed by atoms with Gasteiger partial charge in [-0.25, -0.2) is 5.43 Å². The van der Waals surface area contributed by atoms with Gasteiger partial charge in [0.25, 0.3) is 0 Å². The number of nitrogens with one attached hydrogen (secondary N) is 1. The first-order valence-electron chi connectivity index (χ1n) is 4.46. The fraction of sp³-hybridized carbons (Fsp3) is 0.400. The maximum atomic E-state index is 12.6. The molecule has 1 rings (SSSR count). The van der Waals surface area contributed by atoms with Gasteiger partial charge in [-0.1, -0.05) is 23.8 Å². The third-order valence-electron chi connectivity index (χ3n) is 2.24. The Hall–Kier alpha value is -1.07. The van der Waals surface area contributed by atoms with Crippen LogP contribution in [0.5, 0.6) is 0 Å². The average Bonchev–Trinajstić information content (AvgIpc) is 2.10. The Kier molecular flexibility index (Phi) is 3.36. The molecule has 0 bridgehead atoms. The zero-order valence-corrected chi connectivity index (χ0v) is 8.52. The van der Waals surface area contributed by atoms with Crippen molar-refractivity contribution < 1.29 is 13.2 Å². The van der Waals surface area contributed by atoms with Crippen molar-refractivity contribution in [1.29, 1.82) is 0 Å². The molecule has 5 heteroatoms. The van der Waals surface area contributed by atoms with Gasteiger partial charge in [0.05, 0.1) is 0 Å². The first-order valence-corrected chi connectivity index (χ1v) is 4.46. The van der Waals surface area contributed by atoms with Gasteiger partial charge in [0, 0.05) is 0 Å². The number of rotatable bonds is 2. The van der Waals surface area contributed by atoms with Crippen LogP contribution in [0.25, 0.3) is 0 Å². The molecule has 2 nitrogen and oxygen atoms in total. The maximum absolute atomic E-state index is 12.6. The number of benzene rings is 1. The highest BCUT2D eigenvalue weighted by atomic mass is 19.4. The summed E-state index contributed by atoms with van der Waals surface area (Å²) in [6.45, 7) is 3.37. The van der Waals surface area contributed by atoms with Crippen LogP contribution < -0.4 is 11.3 Å². The molecule has 0 aliphatic rings. The summed E-state index contributed by atoms with van der Waals surface area (Å²) in [5.74, 6) is 4.94. The zero-order chi connectivity index (χ0) is 11.6. The Morgan fingerprint density at radius 3 is 2.33 bits per heavy atom. The lowest BCUT2D eigenvalue weighted by atomic mass is 9.99. The van der Waals surface area contributed by atoms with Crippen LogP contribution >= 0.6 is 0 Å². The second kappa shape index (κ2) is 4.20. The second-order valence-corrected chi connectivity index (χ2v) is 3.50. The van der Waals surface area contributed by atoms with Crippen LogP contribution in [0.4, 0.5) is 13.2 Å². The third-order valence-corrected chi connectivity index (χ3v) is 2.24. The molecule has 3 N–H and O–H groups in total. The fourth-order valence-electron chi connectivity index (χ4n) is 1.43. The van der Waals surface area contributed by atoms with Gasteiger partial charge in [-0.2, -0.15) is 13.2 Å². The number of aryl methyl sites for hydroxylation is 2. The largest absolute Gasteiger partial charge is 0.409 e. The lowest BCUT2D eigenvalue weighted by Crippen LogP contribution is -2.38. The number of hydrazine groups is 1. The number of halogens is 3. The monoisotopic (exact) mass is 218 g/mol. The topological polar surface area (TPSA) is 38.0 Å². The first-order chi connectivity index (χ1) is 6.86. The van der Waals surface area contributed by atoms with Crippen molar-refractivity contribution in [2.75, 3.05) is 0 Å². The van der Waals surface area contributed by atoms with Gasteiger partial charge >= 0.3 is 6.18 Å². The van der Waals surface area contributed by atoms with Crippen LogP contribution in [-0.4, -0.2) is 6.18 Å². The molecule has 0 saturated heterocycles. The Morgan fingerprint density at radius 1 is 1.27 bits per heavy atom. The van der Waals surface area contributed by atoms with Crippen molar-refractivity contribution in [2.24, 2.45) is 5.84 Å². The van der Waals surface area contributed by atoms with E-state index in [4.69, 9.17) is 5.84 Å². The van der Waals surface area contributed by atoms with Gasteiger partial charge in [-0.05, 0) is 25.0 Å². The van der Waals surface area contributed by atoms with Crippen molar-refractivity contribution in [3.63, 3.8) is 0 Å². The summed E-state index contributed by atoms with van der Waals surface area (Å²) >= 11 is 0. The van der Waals surface area contributed by atoms with Crippen LogP contribution in [0, 0.1) is 13.8 Å². The molecule has 1 aromatic rings. The number of alkyl halides is 3.